The molecule has 0 aromatic heterocycles. The highest BCUT2D eigenvalue weighted by Crippen LogP contribution is 2.40. The number of hydrogen-bond donors (Lipinski definition) is 2. The molecule has 2 N–H and O–H groups in total. The zero-order valence-corrected chi connectivity index (χ0v) is 10.9. The Labute approximate surface area is 117 Å². The maximum atomic E-state index is 9.67. The van der Waals surface area contributed by atoms with Crippen LogP contribution in [0, 0.1) is 0 Å². The SMILES string of the molecule is Oc1cccc(C2NCCc3cc4c(cc32)OCO4)c1. The molecule has 0 radical (unpaired) electrons. The molecule has 0 amide bonds. The number of aromatic hydroxyl groups is 1. The summed E-state index contributed by atoms with van der Waals surface area (Å²) in [5.41, 5.74) is 3.54. The van der Waals surface area contributed by atoms with Crippen LogP contribution in [-0.2, 0) is 6.42 Å². The van der Waals surface area contributed by atoms with Crippen molar-refractivity contribution in [2.75, 3.05) is 13.3 Å². The van der Waals surface area contributed by atoms with Crippen LogP contribution in [0.25, 0.3) is 0 Å². The summed E-state index contributed by atoms with van der Waals surface area (Å²) in [6.07, 6.45) is 0.974. The van der Waals surface area contributed by atoms with Crippen molar-refractivity contribution < 1.29 is 14.6 Å². The Balaban J connectivity index is 1.82. The van der Waals surface area contributed by atoms with Gasteiger partial charge in [-0.3, -0.25) is 0 Å². The minimum absolute atomic E-state index is 0.0837. The summed E-state index contributed by atoms with van der Waals surface area (Å²) in [5.74, 6) is 1.93. The highest BCUT2D eigenvalue weighted by atomic mass is 16.7. The summed E-state index contributed by atoms with van der Waals surface area (Å²) >= 11 is 0. The van der Waals surface area contributed by atoms with Crippen molar-refractivity contribution in [3.8, 4) is 17.2 Å². The zero-order chi connectivity index (χ0) is 13.5. The summed E-state index contributed by atoms with van der Waals surface area (Å²) in [4.78, 5) is 0. The zero-order valence-electron chi connectivity index (χ0n) is 10.9. The molecule has 0 saturated heterocycles. The molecule has 1 atom stereocenters. The van der Waals surface area contributed by atoms with Gasteiger partial charge in [0.05, 0.1) is 6.04 Å². The minimum Gasteiger partial charge on any atom is -0.508 e. The van der Waals surface area contributed by atoms with Crippen molar-refractivity contribution in [2.24, 2.45) is 0 Å². The van der Waals surface area contributed by atoms with Gasteiger partial charge in [0, 0.05) is 6.54 Å². The lowest BCUT2D eigenvalue weighted by atomic mass is 9.89. The first-order chi connectivity index (χ1) is 9.81. The largest absolute Gasteiger partial charge is 0.508 e. The first-order valence-corrected chi connectivity index (χ1v) is 6.76. The van der Waals surface area contributed by atoms with E-state index in [1.165, 1.54) is 11.1 Å². The van der Waals surface area contributed by atoms with Crippen molar-refractivity contribution in [1.29, 1.82) is 0 Å². The topological polar surface area (TPSA) is 50.7 Å². The van der Waals surface area contributed by atoms with Crippen LogP contribution in [-0.4, -0.2) is 18.4 Å². The Morgan fingerprint density at radius 1 is 1.10 bits per heavy atom. The number of phenols is 1. The van der Waals surface area contributed by atoms with Crippen molar-refractivity contribution in [3.05, 3.63) is 53.1 Å². The Bertz CT molecular complexity index is 669. The number of ether oxygens (including phenoxy) is 2. The predicted octanol–water partition coefficient (Wildman–Crippen LogP) is 2.36. The molecule has 0 fully saturated rings. The molecule has 4 rings (SSSR count). The molecule has 2 aromatic carbocycles. The summed E-state index contributed by atoms with van der Waals surface area (Å²) in [7, 11) is 0. The van der Waals surface area contributed by atoms with Gasteiger partial charge in [-0.15, -0.1) is 0 Å². The Hall–Kier alpha value is -2.20. The van der Waals surface area contributed by atoms with Gasteiger partial charge in [0.1, 0.15) is 5.75 Å². The molecule has 0 bridgehead atoms. The second-order valence-corrected chi connectivity index (χ2v) is 5.14. The predicted molar refractivity (Wildman–Crippen MR) is 74.2 cm³/mol. The third kappa shape index (κ3) is 1.80. The molecule has 0 saturated carbocycles. The van der Waals surface area contributed by atoms with E-state index in [-0.39, 0.29) is 11.8 Å². The molecule has 20 heavy (non-hydrogen) atoms. The lowest BCUT2D eigenvalue weighted by molar-refractivity contribution is 0.174. The molecule has 4 heteroatoms. The Morgan fingerprint density at radius 2 is 1.95 bits per heavy atom. The number of benzene rings is 2. The highest BCUT2D eigenvalue weighted by Gasteiger charge is 2.25. The smallest absolute Gasteiger partial charge is 0.231 e. The second kappa shape index (κ2) is 4.42. The Kier molecular flexibility index (Phi) is 2.57. The molecular weight excluding hydrogens is 254 g/mol. The van der Waals surface area contributed by atoms with Crippen LogP contribution in [0.15, 0.2) is 36.4 Å². The van der Waals surface area contributed by atoms with Crippen LogP contribution in [0.4, 0.5) is 0 Å². The monoisotopic (exact) mass is 269 g/mol. The first kappa shape index (κ1) is 11.6. The van der Waals surface area contributed by atoms with Gasteiger partial charge in [-0.2, -0.15) is 0 Å². The number of hydrogen-bond acceptors (Lipinski definition) is 4. The molecule has 4 nitrogen and oxygen atoms in total. The number of rotatable bonds is 1. The van der Waals surface area contributed by atoms with Crippen molar-refractivity contribution >= 4 is 0 Å². The average molecular weight is 269 g/mol. The van der Waals surface area contributed by atoms with Gasteiger partial charge in [0.15, 0.2) is 11.5 Å². The van der Waals surface area contributed by atoms with E-state index in [2.05, 4.69) is 17.4 Å². The standard InChI is InChI=1S/C16H15NO3/c18-12-3-1-2-11(6-12)16-13-8-15-14(19-9-20-15)7-10(13)4-5-17-16/h1-3,6-8,16-18H,4-5,9H2. The quantitative estimate of drug-likeness (QED) is 0.834. The molecule has 0 aliphatic carbocycles. The number of nitrogens with one attached hydrogen (secondary N) is 1. The molecule has 0 spiro atoms. The van der Waals surface area contributed by atoms with Crippen molar-refractivity contribution in [2.45, 2.75) is 12.5 Å². The van der Waals surface area contributed by atoms with Crippen LogP contribution in [0.1, 0.15) is 22.7 Å². The number of fused-ring (bicyclic) bond motifs is 2. The fraction of sp³-hybridized carbons (Fsp3) is 0.250. The summed E-state index contributed by atoms with van der Waals surface area (Å²) in [6.45, 7) is 1.20. The van der Waals surface area contributed by atoms with E-state index in [0.29, 0.717) is 6.79 Å². The number of phenolic OH excluding ortho intramolecular Hbond substituents is 1. The van der Waals surface area contributed by atoms with E-state index in [9.17, 15) is 5.11 Å². The van der Waals surface area contributed by atoms with Gasteiger partial charge >= 0.3 is 0 Å². The summed E-state index contributed by atoms with van der Waals surface area (Å²) in [5, 5.41) is 13.2. The van der Waals surface area contributed by atoms with E-state index in [1.807, 2.05) is 12.1 Å². The average Bonchev–Trinajstić information content (AvgIpc) is 2.91. The van der Waals surface area contributed by atoms with Crippen molar-refractivity contribution in [1.82, 2.24) is 5.32 Å². The normalized spacial score (nSPS) is 19.7. The van der Waals surface area contributed by atoms with Crippen LogP contribution in [0.2, 0.25) is 0 Å². The van der Waals surface area contributed by atoms with Gasteiger partial charge in [0.2, 0.25) is 6.79 Å². The van der Waals surface area contributed by atoms with Crippen LogP contribution in [0.5, 0.6) is 17.2 Å². The lowest BCUT2D eigenvalue weighted by Crippen LogP contribution is -2.30. The molecule has 2 aromatic rings. The van der Waals surface area contributed by atoms with Gasteiger partial charge in [-0.25, -0.2) is 0 Å². The van der Waals surface area contributed by atoms with Gasteiger partial charge in [-0.1, -0.05) is 12.1 Å². The van der Waals surface area contributed by atoms with E-state index in [1.54, 1.807) is 12.1 Å². The van der Waals surface area contributed by atoms with E-state index in [4.69, 9.17) is 9.47 Å². The second-order valence-electron chi connectivity index (χ2n) is 5.14. The Morgan fingerprint density at radius 3 is 2.80 bits per heavy atom. The van der Waals surface area contributed by atoms with Gasteiger partial charge in [-0.05, 0) is 47.4 Å². The molecule has 2 heterocycles. The van der Waals surface area contributed by atoms with E-state index >= 15 is 0 Å². The highest BCUT2D eigenvalue weighted by molar-refractivity contribution is 5.52. The summed E-state index contributed by atoms with van der Waals surface area (Å²) < 4.78 is 10.9. The molecule has 2 aliphatic rings. The lowest BCUT2D eigenvalue weighted by Gasteiger charge is -2.27. The molecule has 1 unspecified atom stereocenters. The van der Waals surface area contributed by atoms with Crippen LogP contribution in [0.3, 0.4) is 0 Å². The molecular formula is C16H15NO3. The van der Waals surface area contributed by atoms with Gasteiger partial charge in [0.25, 0.3) is 0 Å². The van der Waals surface area contributed by atoms with E-state index in [0.717, 1.165) is 30.0 Å². The summed E-state index contributed by atoms with van der Waals surface area (Å²) in [6, 6.07) is 11.6. The third-order valence-electron chi connectivity index (χ3n) is 3.89. The maximum Gasteiger partial charge on any atom is 0.231 e. The maximum absolute atomic E-state index is 9.67. The van der Waals surface area contributed by atoms with Crippen molar-refractivity contribution in [3.63, 3.8) is 0 Å². The fourth-order valence-corrected chi connectivity index (χ4v) is 2.95. The fourth-order valence-electron chi connectivity index (χ4n) is 2.95. The minimum atomic E-state index is 0.0837. The molecule has 2 aliphatic heterocycles. The van der Waals surface area contributed by atoms with E-state index < -0.39 is 0 Å². The third-order valence-corrected chi connectivity index (χ3v) is 3.89. The van der Waals surface area contributed by atoms with Gasteiger partial charge < -0.3 is 19.9 Å². The van der Waals surface area contributed by atoms with Crippen LogP contribution >= 0.6 is 0 Å². The molecule has 102 valence electrons. The first-order valence-electron chi connectivity index (χ1n) is 6.76. The van der Waals surface area contributed by atoms with Crippen LogP contribution < -0.4 is 14.8 Å².